The number of aryl methyl sites for hydroxylation is 2. The van der Waals surface area contributed by atoms with Crippen LogP contribution in [0.25, 0.3) is 0 Å². The van der Waals surface area contributed by atoms with Crippen LogP contribution in [0.2, 0.25) is 5.02 Å². The van der Waals surface area contributed by atoms with Crippen molar-refractivity contribution in [2.75, 3.05) is 0 Å². The van der Waals surface area contributed by atoms with E-state index in [1.807, 2.05) is 6.07 Å². The summed E-state index contributed by atoms with van der Waals surface area (Å²) in [7, 11) is 0. The van der Waals surface area contributed by atoms with Crippen molar-refractivity contribution in [1.82, 2.24) is 0 Å². The smallest absolute Gasteiger partial charge is 0.0440 e. The maximum absolute atomic E-state index is 6.26. The van der Waals surface area contributed by atoms with Crippen LogP contribution in [0.3, 0.4) is 0 Å². The molecule has 1 nitrogen and oxygen atoms in total. The zero-order valence-corrected chi connectivity index (χ0v) is 11.3. The van der Waals surface area contributed by atoms with E-state index < -0.39 is 0 Å². The molecule has 0 aromatic heterocycles. The van der Waals surface area contributed by atoms with Crippen LogP contribution >= 0.6 is 11.6 Å². The number of benzene rings is 1. The Kier molecular flexibility index (Phi) is 4.47. The van der Waals surface area contributed by atoms with Gasteiger partial charge in [0.25, 0.3) is 0 Å². The highest BCUT2D eigenvalue weighted by molar-refractivity contribution is 6.31. The Bertz CT molecular complexity index is 369. The first-order valence-electron chi connectivity index (χ1n) is 6.67. The van der Waals surface area contributed by atoms with E-state index in [1.165, 1.54) is 36.8 Å². The van der Waals surface area contributed by atoms with Crippen molar-refractivity contribution in [2.24, 2.45) is 11.7 Å². The lowest BCUT2D eigenvalue weighted by Gasteiger charge is -2.18. The summed E-state index contributed by atoms with van der Waals surface area (Å²) >= 11 is 6.23. The maximum atomic E-state index is 6.26. The SMILES string of the molecule is Cc1ccc(CCC(N)C2CCCC2)c(Cl)c1. The monoisotopic (exact) mass is 251 g/mol. The van der Waals surface area contributed by atoms with Crippen molar-refractivity contribution in [2.45, 2.75) is 51.5 Å². The first kappa shape index (κ1) is 12.9. The Morgan fingerprint density at radius 3 is 2.71 bits per heavy atom. The number of nitrogens with two attached hydrogens (primary N) is 1. The molecular weight excluding hydrogens is 230 g/mol. The van der Waals surface area contributed by atoms with Crippen LogP contribution in [0.15, 0.2) is 18.2 Å². The van der Waals surface area contributed by atoms with Crippen LogP contribution in [-0.4, -0.2) is 6.04 Å². The van der Waals surface area contributed by atoms with Crippen molar-refractivity contribution in [3.63, 3.8) is 0 Å². The van der Waals surface area contributed by atoms with Gasteiger partial charge in [0.2, 0.25) is 0 Å². The van der Waals surface area contributed by atoms with E-state index in [1.54, 1.807) is 0 Å². The van der Waals surface area contributed by atoms with Crippen molar-refractivity contribution in [3.8, 4) is 0 Å². The Hall–Kier alpha value is -0.530. The third kappa shape index (κ3) is 3.46. The quantitative estimate of drug-likeness (QED) is 0.857. The normalized spacial score (nSPS) is 18.5. The number of hydrogen-bond acceptors (Lipinski definition) is 1. The Morgan fingerprint density at radius 2 is 2.06 bits per heavy atom. The molecule has 0 bridgehead atoms. The van der Waals surface area contributed by atoms with Crippen molar-refractivity contribution >= 4 is 11.6 Å². The predicted octanol–water partition coefficient (Wildman–Crippen LogP) is 4.10. The average Bonchev–Trinajstić information content (AvgIpc) is 2.81. The van der Waals surface area contributed by atoms with Gasteiger partial charge in [-0.05, 0) is 55.7 Å². The summed E-state index contributed by atoms with van der Waals surface area (Å²) in [6.45, 7) is 2.07. The van der Waals surface area contributed by atoms with E-state index in [4.69, 9.17) is 17.3 Å². The molecule has 1 fully saturated rings. The van der Waals surface area contributed by atoms with Gasteiger partial charge in [0.05, 0.1) is 0 Å². The molecule has 0 radical (unpaired) electrons. The van der Waals surface area contributed by atoms with Gasteiger partial charge in [0.15, 0.2) is 0 Å². The molecule has 2 heteroatoms. The molecule has 1 atom stereocenters. The maximum Gasteiger partial charge on any atom is 0.0440 e. The van der Waals surface area contributed by atoms with Crippen molar-refractivity contribution in [1.29, 1.82) is 0 Å². The molecule has 0 saturated heterocycles. The zero-order chi connectivity index (χ0) is 12.3. The number of rotatable bonds is 4. The van der Waals surface area contributed by atoms with Crippen molar-refractivity contribution in [3.05, 3.63) is 34.3 Å². The molecule has 0 spiro atoms. The lowest BCUT2D eigenvalue weighted by atomic mass is 9.93. The molecule has 1 unspecified atom stereocenters. The molecule has 1 aliphatic rings. The molecule has 1 aliphatic carbocycles. The third-order valence-corrected chi connectivity index (χ3v) is 4.31. The highest BCUT2D eigenvalue weighted by Gasteiger charge is 2.21. The summed E-state index contributed by atoms with van der Waals surface area (Å²) in [6.07, 6.45) is 7.45. The first-order chi connectivity index (χ1) is 8.16. The fourth-order valence-electron chi connectivity index (χ4n) is 2.80. The topological polar surface area (TPSA) is 26.0 Å². The van der Waals surface area contributed by atoms with Crippen molar-refractivity contribution < 1.29 is 0 Å². The van der Waals surface area contributed by atoms with Gasteiger partial charge >= 0.3 is 0 Å². The summed E-state index contributed by atoms with van der Waals surface area (Å²) in [5.41, 5.74) is 8.73. The fraction of sp³-hybridized carbons (Fsp3) is 0.600. The summed E-state index contributed by atoms with van der Waals surface area (Å²) in [6, 6.07) is 6.66. The molecular formula is C15H22ClN. The zero-order valence-electron chi connectivity index (χ0n) is 10.6. The molecule has 2 rings (SSSR count). The molecule has 94 valence electrons. The molecule has 0 heterocycles. The minimum atomic E-state index is 0.356. The van der Waals surface area contributed by atoms with Gasteiger partial charge in [0.1, 0.15) is 0 Å². The molecule has 0 amide bonds. The van der Waals surface area contributed by atoms with E-state index >= 15 is 0 Å². The average molecular weight is 252 g/mol. The Labute approximate surface area is 109 Å². The lowest BCUT2D eigenvalue weighted by molar-refractivity contribution is 0.410. The van der Waals surface area contributed by atoms with Gasteiger partial charge in [-0.15, -0.1) is 0 Å². The number of halogens is 1. The summed E-state index contributed by atoms with van der Waals surface area (Å²) in [5.74, 6) is 0.749. The van der Waals surface area contributed by atoms with Gasteiger partial charge in [-0.3, -0.25) is 0 Å². The standard InChI is InChI=1S/C15H22ClN/c1-11-6-7-12(14(16)10-11)8-9-15(17)13-4-2-3-5-13/h6-7,10,13,15H,2-5,8-9,17H2,1H3. The summed E-state index contributed by atoms with van der Waals surface area (Å²) in [5, 5.41) is 0.892. The van der Waals surface area contributed by atoms with Gasteiger partial charge in [-0.25, -0.2) is 0 Å². The summed E-state index contributed by atoms with van der Waals surface area (Å²) < 4.78 is 0. The van der Waals surface area contributed by atoms with Gasteiger partial charge < -0.3 is 5.73 Å². The minimum Gasteiger partial charge on any atom is -0.327 e. The molecule has 1 saturated carbocycles. The fourth-order valence-corrected chi connectivity index (χ4v) is 3.13. The summed E-state index contributed by atoms with van der Waals surface area (Å²) in [4.78, 5) is 0. The van der Waals surface area contributed by atoms with Gasteiger partial charge in [0, 0.05) is 11.1 Å². The van der Waals surface area contributed by atoms with Crippen LogP contribution in [0.1, 0.15) is 43.2 Å². The molecule has 0 aliphatic heterocycles. The van der Waals surface area contributed by atoms with E-state index in [-0.39, 0.29) is 0 Å². The van der Waals surface area contributed by atoms with E-state index in [2.05, 4.69) is 19.1 Å². The molecule has 2 N–H and O–H groups in total. The highest BCUT2D eigenvalue weighted by atomic mass is 35.5. The van der Waals surface area contributed by atoms with Crippen LogP contribution < -0.4 is 5.73 Å². The van der Waals surface area contributed by atoms with Gasteiger partial charge in [-0.1, -0.05) is 36.6 Å². The second-order valence-corrected chi connectivity index (χ2v) is 5.75. The van der Waals surface area contributed by atoms with Crippen LogP contribution in [0, 0.1) is 12.8 Å². The lowest BCUT2D eigenvalue weighted by Crippen LogP contribution is -2.28. The van der Waals surface area contributed by atoms with E-state index in [0.29, 0.717) is 6.04 Å². The Balaban J connectivity index is 1.88. The first-order valence-corrected chi connectivity index (χ1v) is 7.05. The van der Waals surface area contributed by atoms with Gasteiger partial charge in [-0.2, -0.15) is 0 Å². The van der Waals surface area contributed by atoms with Crippen LogP contribution in [0.4, 0.5) is 0 Å². The third-order valence-electron chi connectivity index (χ3n) is 3.96. The second kappa shape index (κ2) is 5.88. The molecule has 1 aromatic carbocycles. The highest BCUT2D eigenvalue weighted by Crippen LogP contribution is 2.29. The minimum absolute atomic E-state index is 0.356. The number of hydrogen-bond donors (Lipinski definition) is 1. The van der Waals surface area contributed by atoms with E-state index in [0.717, 1.165) is 23.8 Å². The van der Waals surface area contributed by atoms with E-state index in [9.17, 15) is 0 Å². The van der Waals surface area contributed by atoms with Crippen LogP contribution in [0.5, 0.6) is 0 Å². The van der Waals surface area contributed by atoms with Crippen LogP contribution in [-0.2, 0) is 6.42 Å². The predicted molar refractivity (Wildman–Crippen MR) is 74.4 cm³/mol. The Morgan fingerprint density at radius 1 is 1.35 bits per heavy atom. The largest absolute Gasteiger partial charge is 0.327 e. The second-order valence-electron chi connectivity index (χ2n) is 5.34. The molecule has 17 heavy (non-hydrogen) atoms. The molecule has 1 aromatic rings.